The van der Waals surface area contributed by atoms with E-state index in [1.807, 2.05) is 30.3 Å². The van der Waals surface area contributed by atoms with Crippen molar-refractivity contribution in [2.24, 2.45) is 0 Å². The first kappa shape index (κ1) is 11.7. The Labute approximate surface area is 105 Å². The van der Waals surface area contributed by atoms with Gasteiger partial charge in [-0.3, -0.25) is 10.1 Å². The molecule has 2 aromatic rings. The third kappa shape index (κ3) is 2.85. The Morgan fingerprint density at radius 3 is 2.47 bits per heavy atom. The summed E-state index contributed by atoms with van der Waals surface area (Å²) in [5, 5.41) is 10.7. The van der Waals surface area contributed by atoms with E-state index in [1.54, 1.807) is 12.1 Å². The van der Waals surface area contributed by atoms with Gasteiger partial charge in [0.15, 0.2) is 0 Å². The van der Waals surface area contributed by atoms with Crippen LogP contribution in [0, 0.1) is 10.1 Å². The van der Waals surface area contributed by atoms with Crippen LogP contribution in [0.2, 0.25) is 0 Å². The second-order valence-electron chi connectivity index (χ2n) is 3.73. The third-order valence-electron chi connectivity index (χ3n) is 2.51. The highest BCUT2D eigenvalue weighted by molar-refractivity contribution is 7.80. The summed E-state index contributed by atoms with van der Waals surface area (Å²) in [5.74, 6) is 0. The average Bonchev–Trinajstić information content (AvgIpc) is 2.33. The molecule has 0 bridgehead atoms. The molecule has 0 heterocycles. The lowest BCUT2D eigenvalue weighted by atomic mass is 10.0. The molecular formula is C13H11NO2S. The Balaban J connectivity index is 2.32. The fraction of sp³-hybridized carbons (Fsp3) is 0.0769. The molecule has 0 aliphatic heterocycles. The lowest BCUT2D eigenvalue weighted by molar-refractivity contribution is -0.385. The largest absolute Gasteiger partial charge is 0.269 e. The number of thiol groups is 1. The summed E-state index contributed by atoms with van der Waals surface area (Å²) >= 11 is 4.32. The molecule has 0 aliphatic rings. The van der Waals surface area contributed by atoms with Crippen molar-refractivity contribution in [1.82, 2.24) is 0 Å². The Bertz CT molecular complexity index is 540. The molecule has 86 valence electrons. The van der Waals surface area contributed by atoms with Crippen molar-refractivity contribution in [2.45, 2.75) is 11.3 Å². The van der Waals surface area contributed by atoms with Gasteiger partial charge in [0.1, 0.15) is 0 Å². The normalized spacial score (nSPS) is 10.2. The van der Waals surface area contributed by atoms with Gasteiger partial charge >= 0.3 is 0 Å². The predicted octanol–water partition coefficient (Wildman–Crippen LogP) is 3.47. The highest BCUT2D eigenvalue weighted by Crippen LogP contribution is 2.23. The van der Waals surface area contributed by atoms with Gasteiger partial charge in [-0.05, 0) is 23.6 Å². The Morgan fingerprint density at radius 1 is 1.12 bits per heavy atom. The van der Waals surface area contributed by atoms with E-state index in [1.165, 1.54) is 6.07 Å². The van der Waals surface area contributed by atoms with Crippen molar-refractivity contribution in [3.63, 3.8) is 0 Å². The van der Waals surface area contributed by atoms with Gasteiger partial charge in [0.05, 0.1) is 4.92 Å². The van der Waals surface area contributed by atoms with Gasteiger partial charge in [-0.25, -0.2) is 0 Å². The second kappa shape index (κ2) is 5.01. The molecule has 0 saturated heterocycles. The molecule has 0 aliphatic carbocycles. The van der Waals surface area contributed by atoms with Crippen molar-refractivity contribution in [3.8, 4) is 0 Å². The zero-order chi connectivity index (χ0) is 12.3. The Morgan fingerprint density at radius 2 is 1.82 bits per heavy atom. The number of rotatable bonds is 3. The average molecular weight is 245 g/mol. The van der Waals surface area contributed by atoms with Crippen molar-refractivity contribution in [2.75, 3.05) is 0 Å². The van der Waals surface area contributed by atoms with Crippen LogP contribution in [0.1, 0.15) is 11.1 Å². The summed E-state index contributed by atoms with van der Waals surface area (Å²) in [7, 11) is 0. The molecule has 0 amide bonds. The van der Waals surface area contributed by atoms with E-state index in [-0.39, 0.29) is 10.6 Å². The van der Waals surface area contributed by atoms with Crippen molar-refractivity contribution in [1.29, 1.82) is 0 Å². The maximum Gasteiger partial charge on any atom is 0.269 e. The van der Waals surface area contributed by atoms with Gasteiger partial charge in [-0.15, -0.1) is 12.6 Å². The van der Waals surface area contributed by atoms with Crippen molar-refractivity contribution in [3.05, 3.63) is 69.8 Å². The molecule has 0 saturated carbocycles. The maximum absolute atomic E-state index is 10.7. The van der Waals surface area contributed by atoms with Crippen LogP contribution in [0.4, 0.5) is 5.69 Å². The summed E-state index contributed by atoms with van der Waals surface area (Å²) in [6, 6.07) is 14.5. The predicted molar refractivity (Wildman–Crippen MR) is 69.6 cm³/mol. The number of benzene rings is 2. The fourth-order valence-corrected chi connectivity index (χ4v) is 1.86. The number of nitro groups is 1. The summed E-state index contributed by atoms with van der Waals surface area (Å²) < 4.78 is 0. The van der Waals surface area contributed by atoms with Crippen LogP contribution in [-0.2, 0) is 6.42 Å². The Kier molecular flexibility index (Phi) is 3.44. The minimum Gasteiger partial charge on any atom is -0.258 e. The SMILES string of the molecule is O=[N+]([O-])c1ccc(S)c(Cc2ccccc2)c1. The highest BCUT2D eigenvalue weighted by Gasteiger charge is 2.09. The molecule has 0 radical (unpaired) electrons. The lowest BCUT2D eigenvalue weighted by Gasteiger charge is -2.05. The summed E-state index contributed by atoms with van der Waals surface area (Å²) in [6.07, 6.45) is 0.654. The first-order chi connectivity index (χ1) is 8.16. The van der Waals surface area contributed by atoms with Crippen molar-refractivity contribution >= 4 is 18.3 Å². The van der Waals surface area contributed by atoms with E-state index in [0.717, 1.165) is 16.0 Å². The van der Waals surface area contributed by atoms with Gasteiger partial charge in [-0.1, -0.05) is 30.3 Å². The van der Waals surface area contributed by atoms with E-state index in [2.05, 4.69) is 12.6 Å². The lowest BCUT2D eigenvalue weighted by Crippen LogP contribution is -1.93. The van der Waals surface area contributed by atoms with Crippen molar-refractivity contribution < 1.29 is 4.92 Å². The molecule has 4 heteroatoms. The topological polar surface area (TPSA) is 43.1 Å². The van der Waals surface area contributed by atoms with Gasteiger partial charge in [-0.2, -0.15) is 0 Å². The van der Waals surface area contributed by atoms with E-state index < -0.39 is 0 Å². The summed E-state index contributed by atoms with van der Waals surface area (Å²) in [5.41, 5.74) is 2.09. The molecule has 0 spiro atoms. The minimum absolute atomic E-state index is 0.105. The molecule has 17 heavy (non-hydrogen) atoms. The van der Waals surface area contributed by atoms with Crippen LogP contribution >= 0.6 is 12.6 Å². The first-order valence-electron chi connectivity index (χ1n) is 5.17. The van der Waals surface area contributed by atoms with Crippen LogP contribution in [0.5, 0.6) is 0 Å². The first-order valence-corrected chi connectivity index (χ1v) is 5.62. The molecule has 2 rings (SSSR count). The number of hydrogen-bond donors (Lipinski definition) is 1. The number of non-ortho nitro benzene ring substituents is 1. The van der Waals surface area contributed by atoms with E-state index in [4.69, 9.17) is 0 Å². The quantitative estimate of drug-likeness (QED) is 0.511. The van der Waals surface area contributed by atoms with Gasteiger partial charge < -0.3 is 0 Å². The number of nitrogens with zero attached hydrogens (tertiary/aromatic N) is 1. The molecule has 0 aromatic heterocycles. The van der Waals surface area contributed by atoms with Crippen LogP contribution in [-0.4, -0.2) is 4.92 Å². The van der Waals surface area contributed by atoms with Crippen LogP contribution < -0.4 is 0 Å². The van der Waals surface area contributed by atoms with E-state index in [0.29, 0.717) is 6.42 Å². The minimum atomic E-state index is -0.387. The third-order valence-corrected chi connectivity index (χ3v) is 2.95. The molecule has 3 nitrogen and oxygen atoms in total. The van der Waals surface area contributed by atoms with Gasteiger partial charge in [0, 0.05) is 17.0 Å². The smallest absolute Gasteiger partial charge is 0.258 e. The van der Waals surface area contributed by atoms with E-state index in [9.17, 15) is 10.1 Å². The summed E-state index contributed by atoms with van der Waals surface area (Å²) in [4.78, 5) is 11.1. The second-order valence-corrected chi connectivity index (χ2v) is 4.21. The fourth-order valence-electron chi connectivity index (χ4n) is 1.64. The molecule has 0 fully saturated rings. The maximum atomic E-state index is 10.7. The van der Waals surface area contributed by atoms with Crippen LogP contribution in [0.25, 0.3) is 0 Å². The van der Waals surface area contributed by atoms with Crippen LogP contribution in [0.3, 0.4) is 0 Å². The standard InChI is InChI=1S/C13H11NO2S/c15-14(16)12-6-7-13(17)11(9-12)8-10-4-2-1-3-5-10/h1-7,9,17H,8H2. The van der Waals surface area contributed by atoms with E-state index >= 15 is 0 Å². The zero-order valence-electron chi connectivity index (χ0n) is 9.04. The number of nitro benzene ring substituents is 1. The molecule has 0 N–H and O–H groups in total. The number of hydrogen-bond acceptors (Lipinski definition) is 3. The monoisotopic (exact) mass is 245 g/mol. The molecule has 0 unspecified atom stereocenters. The highest BCUT2D eigenvalue weighted by atomic mass is 32.1. The zero-order valence-corrected chi connectivity index (χ0v) is 9.93. The van der Waals surface area contributed by atoms with Gasteiger partial charge in [0.25, 0.3) is 5.69 Å². The van der Waals surface area contributed by atoms with Gasteiger partial charge in [0.2, 0.25) is 0 Å². The molecule has 0 atom stereocenters. The Hall–Kier alpha value is -1.81. The van der Waals surface area contributed by atoms with Crippen LogP contribution in [0.15, 0.2) is 53.4 Å². The molecular weight excluding hydrogens is 234 g/mol. The molecule has 2 aromatic carbocycles. The summed E-state index contributed by atoms with van der Waals surface area (Å²) in [6.45, 7) is 0.